The standard InChI is InChI=1S/C33H43F3O2/c1-3-5-21-38-28-17-14-26(31(34)22-28)11-8-23-6-9-24(10-7-23)29-18-19-30(33(36)32(29)35)25-12-15-27(16-13-25)37-20-4-2/h8,11,14,17-19,22-25,27H,3-7,9-10,12-13,15-16,20-21H2,1-2H3/b11-8+. The molecule has 0 N–H and O–H groups in total. The maximum absolute atomic E-state index is 15.2. The molecule has 0 radical (unpaired) electrons. The molecule has 0 saturated heterocycles. The van der Waals surface area contributed by atoms with Crippen LogP contribution in [0.2, 0.25) is 0 Å². The summed E-state index contributed by atoms with van der Waals surface area (Å²) >= 11 is 0. The van der Waals surface area contributed by atoms with Crippen molar-refractivity contribution in [1.29, 1.82) is 0 Å². The first-order valence-electron chi connectivity index (χ1n) is 14.7. The van der Waals surface area contributed by atoms with Crippen LogP contribution in [0, 0.1) is 23.4 Å². The molecule has 0 aliphatic heterocycles. The fourth-order valence-corrected chi connectivity index (χ4v) is 5.96. The van der Waals surface area contributed by atoms with Crippen LogP contribution in [0.5, 0.6) is 5.75 Å². The van der Waals surface area contributed by atoms with Crippen LogP contribution in [-0.2, 0) is 4.74 Å². The van der Waals surface area contributed by atoms with E-state index in [-0.39, 0.29) is 23.8 Å². The summed E-state index contributed by atoms with van der Waals surface area (Å²) in [5.41, 5.74) is 1.59. The Balaban J connectivity index is 1.30. The van der Waals surface area contributed by atoms with Crippen molar-refractivity contribution in [2.24, 2.45) is 5.92 Å². The lowest BCUT2D eigenvalue weighted by Crippen LogP contribution is -2.22. The molecule has 2 saturated carbocycles. The molecule has 2 aromatic carbocycles. The zero-order valence-electron chi connectivity index (χ0n) is 23.0. The summed E-state index contributed by atoms with van der Waals surface area (Å²) in [7, 11) is 0. The Kier molecular flexibility index (Phi) is 10.7. The smallest absolute Gasteiger partial charge is 0.162 e. The van der Waals surface area contributed by atoms with E-state index < -0.39 is 11.6 Å². The third-order valence-electron chi connectivity index (χ3n) is 8.31. The Bertz CT molecular complexity index is 1050. The average molecular weight is 529 g/mol. The highest BCUT2D eigenvalue weighted by molar-refractivity contribution is 5.52. The first-order chi connectivity index (χ1) is 18.5. The summed E-state index contributed by atoms with van der Waals surface area (Å²) in [4.78, 5) is 0. The van der Waals surface area contributed by atoms with Crippen LogP contribution >= 0.6 is 0 Å². The van der Waals surface area contributed by atoms with E-state index in [9.17, 15) is 4.39 Å². The lowest BCUT2D eigenvalue weighted by Gasteiger charge is -2.30. The summed E-state index contributed by atoms with van der Waals surface area (Å²) < 4.78 is 56.3. The molecule has 0 unspecified atom stereocenters. The van der Waals surface area contributed by atoms with E-state index in [1.807, 2.05) is 24.3 Å². The van der Waals surface area contributed by atoms with Crippen LogP contribution in [0.4, 0.5) is 13.2 Å². The topological polar surface area (TPSA) is 18.5 Å². The largest absolute Gasteiger partial charge is 0.493 e. The second-order valence-corrected chi connectivity index (χ2v) is 11.1. The SMILES string of the molecule is CCCCOc1ccc(/C=C/C2CCC(c3ccc(C4CCC(OCCC)CC4)c(F)c3F)CC2)c(F)c1. The molecule has 2 fully saturated rings. The van der Waals surface area contributed by atoms with Gasteiger partial charge in [0.1, 0.15) is 11.6 Å². The molecule has 2 aromatic rings. The normalized spacial score (nSPS) is 24.1. The number of allylic oxidation sites excluding steroid dienone is 1. The predicted octanol–water partition coefficient (Wildman–Crippen LogP) is 9.72. The number of rotatable bonds is 11. The molecule has 2 nitrogen and oxygen atoms in total. The van der Waals surface area contributed by atoms with E-state index in [4.69, 9.17) is 9.47 Å². The van der Waals surface area contributed by atoms with Gasteiger partial charge < -0.3 is 9.47 Å². The van der Waals surface area contributed by atoms with E-state index >= 15 is 8.78 Å². The minimum absolute atomic E-state index is 0.0256. The molecule has 0 spiro atoms. The Hall–Kier alpha value is -2.27. The third-order valence-corrected chi connectivity index (χ3v) is 8.31. The van der Waals surface area contributed by atoms with Gasteiger partial charge in [-0.2, -0.15) is 0 Å². The zero-order valence-corrected chi connectivity index (χ0v) is 23.0. The van der Waals surface area contributed by atoms with Gasteiger partial charge in [0.05, 0.1) is 12.7 Å². The summed E-state index contributed by atoms with van der Waals surface area (Å²) in [5, 5.41) is 0. The molecule has 0 amide bonds. The Morgan fingerprint density at radius 2 is 1.39 bits per heavy atom. The Morgan fingerprint density at radius 3 is 1.97 bits per heavy atom. The first-order valence-corrected chi connectivity index (χ1v) is 14.7. The van der Waals surface area contributed by atoms with Crippen molar-refractivity contribution in [3.63, 3.8) is 0 Å². The zero-order chi connectivity index (χ0) is 26.9. The van der Waals surface area contributed by atoms with E-state index in [2.05, 4.69) is 19.9 Å². The number of halogens is 3. The van der Waals surface area contributed by atoms with Crippen molar-refractivity contribution in [1.82, 2.24) is 0 Å². The molecule has 0 bridgehead atoms. The molecular weight excluding hydrogens is 485 g/mol. The van der Waals surface area contributed by atoms with Crippen molar-refractivity contribution >= 4 is 6.08 Å². The van der Waals surface area contributed by atoms with Gasteiger partial charge in [-0.3, -0.25) is 0 Å². The lowest BCUT2D eigenvalue weighted by molar-refractivity contribution is 0.0248. The molecule has 38 heavy (non-hydrogen) atoms. The second-order valence-electron chi connectivity index (χ2n) is 11.1. The maximum Gasteiger partial charge on any atom is 0.162 e. The molecule has 2 aliphatic rings. The van der Waals surface area contributed by atoms with Crippen molar-refractivity contribution < 1.29 is 22.6 Å². The Morgan fingerprint density at radius 1 is 0.763 bits per heavy atom. The summed E-state index contributed by atoms with van der Waals surface area (Å²) in [6.07, 6.45) is 14.0. The van der Waals surface area contributed by atoms with Gasteiger partial charge >= 0.3 is 0 Å². The minimum Gasteiger partial charge on any atom is -0.493 e. The highest BCUT2D eigenvalue weighted by Crippen LogP contribution is 2.41. The maximum atomic E-state index is 15.2. The highest BCUT2D eigenvalue weighted by atomic mass is 19.2. The summed E-state index contributed by atoms with van der Waals surface area (Å²) in [6, 6.07) is 8.66. The number of ether oxygens (including phenoxy) is 2. The summed E-state index contributed by atoms with van der Waals surface area (Å²) in [5.74, 6) is -0.639. The van der Waals surface area contributed by atoms with E-state index in [0.717, 1.165) is 77.2 Å². The van der Waals surface area contributed by atoms with Crippen molar-refractivity contribution in [3.05, 3.63) is 70.5 Å². The van der Waals surface area contributed by atoms with Crippen LogP contribution in [0.3, 0.4) is 0 Å². The van der Waals surface area contributed by atoms with Gasteiger partial charge in [-0.05, 0) is 105 Å². The van der Waals surface area contributed by atoms with Crippen molar-refractivity contribution in [2.45, 2.75) is 102 Å². The van der Waals surface area contributed by atoms with Crippen molar-refractivity contribution in [2.75, 3.05) is 13.2 Å². The van der Waals surface area contributed by atoms with Gasteiger partial charge in [-0.25, -0.2) is 13.2 Å². The molecule has 4 rings (SSSR count). The number of benzene rings is 2. The van der Waals surface area contributed by atoms with Gasteiger partial charge in [0, 0.05) is 18.2 Å². The molecule has 0 heterocycles. The second kappa shape index (κ2) is 14.2. The van der Waals surface area contributed by atoms with E-state index in [0.29, 0.717) is 35.0 Å². The predicted molar refractivity (Wildman–Crippen MR) is 148 cm³/mol. The van der Waals surface area contributed by atoms with Gasteiger partial charge in [0.15, 0.2) is 11.6 Å². The monoisotopic (exact) mass is 528 g/mol. The molecule has 2 aliphatic carbocycles. The lowest BCUT2D eigenvalue weighted by atomic mass is 9.77. The number of hydrogen-bond donors (Lipinski definition) is 0. The first kappa shape index (κ1) is 28.7. The van der Waals surface area contributed by atoms with E-state index in [1.165, 1.54) is 6.07 Å². The number of hydrogen-bond acceptors (Lipinski definition) is 2. The van der Waals surface area contributed by atoms with Crippen LogP contribution in [0.1, 0.15) is 113 Å². The third kappa shape index (κ3) is 7.43. The van der Waals surface area contributed by atoms with Crippen LogP contribution < -0.4 is 4.74 Å². The van der Waals surface area contributed by atoms with Crippen LogP contribution in [-0.4, -0.2) is 19.3 Å². The molecule has 0 aromatic heterocycles. The molecular formula is C33H43F3O2. The van der Waals surface area contributed by atoms with Gasteiger partial charge in [0.2, 0.25) is 0 Å². The quantitative estimate of drug-likeness (QED) is 0.270. The van der Waals surface area contributed by atoms with Crippen LogP contribution in [0.25, 0.3) is 6.08 Å². The molecule has 5 heteroatoms. The van der Waals surface area contributed by atoms with Crippen LogP contribution in [0.15, 0.2) is 36.4 Å². The van der Waals surface area contributed by atoms with Gasteiger partial charge in [0.25, 0.3) is 0 Å². The van der Waals surface area contributed by atoms with E-state index in [1.54, 1.807) is 6.07 Å². The fourth-order valence-electron chi connectivity index (χ4n) is 5.96. The minimum atomic E-state index is -0.658. The summed E-state index contributed by atoms with van der Waals surface area (Å²) in [6.45, 7) is 5.55. The number of unbranched alkanes of at least 4 members (excludes halogenated alkanes) is 1. The fraction of sp³-hybridized carbons (Fsp3) is 0.576. The molecule has 208 valence electrons. The van der Waals surface area contributed by atoms with Crippen molar-refractivity contribution in [3.8, 4) is 5.75 Å². The van der Waals surface area contributed by atoms with Gasteiger partial charge in [-0.1, -0.05) is 44.6 Å². The van der Waals surface area contributed by atoms with Gasteiger partial charge in [-0.15, -0.1) is 0 Å². The molecule has 0 atom stereocenters. The average Bonchev–Trinajstić information content (AvgIpc) is 2.94. The highest BCUT2D eigenvalue weighted by Gasteiger charge is 2.29. The Labute approximate surface area is 226 Å².